The van der Waals surface area contributed by atoms with Crippen LogP contribution in [0.15, 0.2) is 24.3 Å². The van der Waals surface area contributed by atoms with Crippen molar-refractivity contribution < 1.29 is 38.2 Å². The molecule has 42 heavy (non-hydrogen) atoms. The van der Waals surface area contributed by atoms with Crippen LogP contribution >= 0.6 is 0 Å². The first-order valence-electron chi connectivity index (χ1n) is 13.4. The summed E-state index contributed by atoms with van der Waals surface area (Å²) >= 11 is 0. The normalized spacial score (nSPS) is 19.9. The van der Waals surface area contributed by atoms with Crippen LogP contribution in [0.5, 0.6) is 0 Å². The van der Waals surface area contributed by atoms with Gasteiger partial charge in [0.2, 0.25) is 5.82 Å². The van der Waals surface area contributed by atoms with Gasteiger partial charge in [0.15, 0.2) is 11.4 Å². The molecule has 6 N–H and O–H groups in total. The molecule has 0 aliphatic carbocycles. The van der Waals surface area contributed by atoms with Gasteiger partial charge in [0.1, 0.15) is 5.82 Å². The molecule has 3 atom stereocenters. The largest absolute Gasteiger partial charge is 0.464 e. The molecular formula is C26H37N7O9. The van der Waals surface area contributed by atoms with Gasteiger partial charge < -0.3 is 45.8 Å². The number of esters is 2. The maximum atomic E-state index is 11.3. The van der Waals surface area contributed by atoms with Crippen LogP contribution < -0.4 is 22.1 Å². The maximum absolute atomic E-state index is 11.3. The number of carbonyl (C=O) groups excluding carboxylic acids is 2. The Balaban J connectivity index is 0.000000193. The molecule has 0 spiro atoms. The average Bonchev–Trinajstić information content (AvgIpc) is 2.91. The highest BCUT2D eigenvalue weighted by Crippen LogP contribution is 2.23. The highest BCUT2D eigenvalue weighted by Gasteiger charge is 2.23. The Kier molecular flexibility index (Phi) is 12.6. The van der Waals surface area contributed by atoms with Crippen LogP contribution in [0.4, 0.5) is 23.0 Å². The van der Waals surface area contributed by atoms with E-state index in [1.807, 2.05) is 0 Å². The van der Waals surface area contributed by atoms with Crippen LogP contribution in [-0.2, 0) is 23.7 Å². The van der Waals surface area contributed by atoms with Crippen LogP contribution in [0.1, 0.15) is 40.2 Å². The van der Waals surface area contributed by atoms with Crippen molar-refractivity contribution in [1.29, 1.82) is 0 Å². The van der Waals surface area contributed by atoms with Crippen molar-refractivity contribution in [3.8, 4) is 0 Å². The van der Waals surface area contributed by atoms with Crippen LogP contribution in [0.2, 0.25) is 0 Å². The number of hydrogen-bond acceptors (Lipinski definition) is 15. The Morgan fingerprint density at radius 1 is 0.881 bits per heavy atom. The molecule has 0 amide bonds. The quantitative estimate of drug-likeness (QED) is 0.174. The molecule has 230 valence electrons. The molecule has 0 bridgehead atoms. The van der Waals surface area contributed by atoms with Gasteiger partial charge in [-0.15, -0.1) is 0 Å². The molecule has 0 saturated carbocycles. The van der Waals surface area contributed by atoms with Crippen molar-refractivity contribution in [2.24, 2.45) is 5.73 Å². The molecule has 2 aromatic heterocycles. The highest BCUT2D eigenvalue weighted by molar-refractivity contribution is 5.89. The molecule has 16 heteroatoms. The van der Waals surface area contributed by atoms with E-state index in [1.54, 1.807) is 6.07 Å². The number of hydrogen-bond donors (Lipinski definition) is 4. The van der Waals surface area contributed by atoms with Crippen LogP contribution in [0.25, 0.3) is 0 Å². The third-order valence-electron chi connectivity index (χ3n) is 6.42. The van der Waals surface area contributed by atoms with Crippen molar-refractivity contribution >= 4 is 34.9 Å². The van der Waals surface area contributed by atoms with Crippen molar-refractivity contribution in [2.75, 3.05) is 70.0 Å². The van der Waals surface area contributed by atoms with Crippen molar-refractivity contribution in [3.63, 3.8) is 0 Å². The maximum Gasteiger partial charge on any atom is 0.356 e. The summed E-state index contributed by atoms with van der Waals surface area (Å²) in [6.07, 6.45) is 3.73. The lowest BCUT2D eigenvalue weighted by Gasteiger charge is -2.26. The molecule has 0 radical (unpaired) electrons. The molecule has 3 fully saturated rings. The standard InChI is InChI=1S/C11H13N3O5.C11H15N3O3.C4H9NO/c1-18-11(15)8-2-3-9(14(16)17)10(13-8)12-6-7-4-5-19-7;1-16-11(15)9-3-2-8(12)10(14-9)13-6-7-4-5-17-7;5-3-4-1-2-6-4/h2-3,7H,4-6H2,1H3,(H,12,13);2-3,7H,4-6,12H2,1H3,(H,13,14);4H,1-3,5H2/t2*7-;4-/m000/s1. The second kappa shape index (κ2) is 16.4. The molecule has 16 nitrogen and oxygen atoms in total. The molecule has 2 aromatic rings. The number of anilines is 3. The summed E-state index contributed by atoms with van der Waals surface area (Å²) in [5.74, 6) is -0.586. The molecule has 3 aliphatic heterocycles. The van der Waals surface area contributed by atoms with Crippen LogP contribution in [-0.4, -0.2) is 98.8 Å². The topological polar surface area (TPSA) is 225 Å². The number of methoxy groups -OCH3 is 2. The van der Waals surface area contributed by atoms with Crippen LogP contribution in [0, 0.1) is 10.1 Å². The average molecular weight is 592 g/mol. The summed E-state index contributed by atoms with van der Waals surface area (Å²) in [7, 11) is 2.54. The van der Waals surface area contributed by atoms with Crippen LogP contribution in [0.3, 0.4) is 0 Å². The summed E-state index contributed by atoms with van der Waals surface area (Å²) in [5.41, 5.74) is 11.5. The number of pyridine rings is 2. The first kappa shape index (κ1) is 32.4. The van der Waals surface area contributed by atoms with Gasteiger partial charge in [0, 0.05) is 45.5 Å². The summed E-state index contributed by atoms with van der Waals surface area (Å²) in [4.78, 5) is 41.0. The van der Waals surface area contributed by atoms with E-state index < -0.39 is 16.9 Å². The van der Waals surface area contributed by atoms with E-state index in [2.05, 4.69) is 30.1 Å². The summed E-state index contributed by atoms with van der Waals surface area (Å²) < 4.78 is 24.5. The van der Waals surface area contributed by atoms with E-state index >= 15 is 0 Å². The van der Waals surface area contributed by atoms with E-state index in [0.29, 0.717) is 43.9 Å². The molecule has 5 heterocycles. The summed E-state index contributed by atoms with van der Waals surface area (Å²) in [6, 6.07) is 5.65. The smallest absolute Gasteiger partial charge is 0.356 e. The number of nitrogens with one attached hydrogen (secondary N) is 2. The first-order chi connectivity index (χ1) is 20.2. The van der Waals surface area contributed by atoms with Gasteiger partial charge in [-0.1, -0.05) is 0 Å². The molecular weight excluding hydrogens is 554 g/mol. The number of ether oxygens (including phenoxy) is 5. The fourth-order valence-corrected chi connectivity index (χ4v) is 3.56. The molecule has 3 saturated heterocycles. The second-order valence-corrected chi connectivity index (χ2v) is 9.28. The Labute approximate surface area is 242 Å². The highest BCUT2D eigenvalue weighted by atomic mass is 16.6. The number of aromatic nitrogens is 2. The van der Waals surface area contributed by atoms with Crippen molar-refractivity contribution in [3.05, 3.63) is 45.8 Å². The predicted octanol–water partition coefficient (Wildman–Crippen LogP) is 1.36. The number of nitro groups is 1. The Morgan fingerprint density at radius 3 is 1.71 bits per heavy atom. The fraction of sp³-hybridized carbons (Fsp3) is 0.538. The van der Waals surface area contributed by atoms with Crippen molar-refractivity contribution in [1.82, 2.24) is 9.97 Å². The van der Waals surface area contributed by atoms with Gasteiger partial charge in [-0.3, -0.25) is 10.1 Å². The van der Waals surface area contributed by atoms with Crippen molar-refractivity contribution in [2.45, 2.75) is 37.6 Å². The van der Waals surface area contributed by atoms with E-state index in [-0.39, 0.29) is 35.1 Å². The number of nitrogens with zero attached hydrogens (tertiary/aromatic N) is 3. The summed E-state index contributed by atoms with van der Waals surface area (Å²) in [5, 5.41) is 16.8. The predicted molar refractivity (Wildman–Crippen MR) is 151 cm³/mol. The van der Waals surface area contributed by atoms with Gasteiger partial charge in [-0.25, -0.2) is 19.6 Å². The molecule has 5 rings (SSSR count). The number of nitrogen functional groups attached to an aromatic ring is 1. The van der Waals surface area contributed by atoms with Gasteiger partial charge in [0.25, 0.3) is 0 Å². The monoisotopic (exact) mass is 591 g/mol. The lowest BCUT2D eigenvalue weighted by molar-refractivity contribution is -0.384. The number of nitrogens with two attached hydrogens (primary N) is 2. The lowest BCUT2D eigenvalue weighted by atomic mass is 10.2. The summed E-state index contributed by atoms with van der Waals surface area (Å²) in [6.45, 7) is 4.17. The van der Waals surface area contributed by atoms with E-state index in [4.69, 9.17) is 25.7 Å². The fourth-order valence-electron chi connectivity index (χ4n) is 3.56. The van der Waals surface area contributed by atoms with Gasteiger partial charge >= 0.3 is 17.6 Å². The second-order valence-electron chi connectivity index (χ2n) is 9.28. The number of carbonyl (C=O) groups is 2. The minimum atomic E-state index is -0.641. The zero-order valence-corrected chi connectivity index (χ0v) is 23.6. The lowest BCUT2D eigenvalue weighted by Crippen LogP contribution is -2.33. The third kappa shape index (κ3) is 9.47. The van der Waals surface area contributed by atoms with Gasteiger partial charge in [-0.05, 0) is 37.5 Å². The van der Waals surface area contributed by atoms with Gasteiger partial charge in [-0.2, -0.15) is 0 Å². The number of rotatable bonds is 10. The van der Waals surface area contributed by atoms with E-state index in [9.17, 15) is 19.7 Å². The van der Waals surface area contributed by atoms with E-state index in [0.717, 1.165) is 32.5 Å². The molecule has 0 aromatic carbocycles. The molecule has 3 aliphatic rings. The zero-order chi connectivity index (χ0) is 30.5. The van der Waals surface area contributed by atoms with E-state index in [1.165, 1.54) is 32.4 Å². The minimum Gasteiger partial charge on any atom is -0.464 e. The Morgan fingerprint density at radius 2 is 1.33 bits per heavy atom. The zero-order valence-electron chi connectivity index (χ0n) is 23.6. The Hall–Kier alpha value is -4.12. The first-order valence-corrected chi connectivity index (χ1v) is 13.4. The van der Waals surface area contributed by atoms with Gasteiger partial charge in [0.05, 0.1) is 43.1 Å². The Bertz CT molecular complexity index is 1200. The molecule has 0 unspecified atom stereocenters. The SMILES string of the molecule is COC(=O)c1ccc(N)c(NC[C@@H]2CCO2)n1.COC(=O)c1ccc([N+](=O)[O-])c(NC[C@@H]2CCO2)n1.NC[C@@H]1CCO1. The minimum absolute atomic E-state index is 0.0186. The third-order valence-corrected chi connectivity index (χ3v) is 6.42.